The van der Waals surface area contributed by atoms with Crippen molar-refractivity contribution in [3.63, 3.8) is 0 Å². The molecule has 78 valence electrons. The Kier molecular flexibility index (Phi) is 5.75. The molecule has 1 rings (SSSR count). The Hall–Kier alpha value is 0.140. The largest absolute Gasteiger partial charge is 0.377 e. The van der Waals surface area contributed by atoms with Crippen molar-refractivity contribution in [3.8, 4) is 0 Å². The molecule has 0 atom stereocenters. The normalized spacial score (nSPS) is 10.5. The number of halogens is 2. The van der Waals surface area contributed by atoms with Crippen molar-refractivity contribution < 1.29 is 4.74 Å². The van der Waals surface area contributed by atoms with Gasteiger partial charge >= 0.3 is 0 Å². The summed E-state index contributed by atoms with van der Waals surface area (Å²) in [6.07, 6.45) is 1.07. The standard InChI is InChI=1S/C11H14Br2O/c1-2-5-14-8-10-6-9(7-12)3-4-11(10)13/h3-4,6H,2,5,7-8H2,1H3. The van der Waals surface area contributed by atoms with Crippen LogP contribution in [-0.2, 0) is 16.7 Å². The smallest absolute Gasteiger partial charge is 0.0727 e. The molecule has 1 nitrogen and oxygen atoms in total. The number of hydrogen-bond acceptors (Lipinski definition) is 1. The predicted octanol–water partition coefficient (Wildman–Crippen LogP) is 4.27. The molecule has 1 aromatic carbocycles. The highest BCUT2D eigenvalue weighted by atomic mass is 79.9. The number of alkyl halides is 1. The molecule has 0 unspecified atom stereocenters. The molecule has 0 aliphatic rings. The molecular formula is C11H14Br2O. The summed E-state index contributed by atoms with van der Waals surface area (Å²) in [5.41, 5.74) is 2.50. The summed E-state index contributed by atoms with van der Waals surface area (Å²) < 4.78 is 6.63. The van der Waals surface area contributed by atoms with Gasteiger partial charge in [-0.2, -0.15) is 0 Å². The van der Waals surface area contributed by atoms with Crippen LogP contribution in [0.3, 0.4) is 0 Å². The van der Waals surface area contributed by atoms with Crippen LogP contribution in [-0.4, -0.2) is 6.61 Å². The first-order chi connectivity index (χ1) is 6.77. The summed E-state index contributed by atoms with van der Waals surface area (Å²) >= 11 is 6.96. The van der Waals surface area contributed by atoms with E-state index in [2.05, 4.69) is 57.0 Å². The Morgan fingerprint density at radius 1 is 1.36 bits per heavy atom. The van der Waals surface area contributed by atoms with Gasteiger partial charge in [-0.15, -0.1) is 0 Å². The third-order valence-corrected chi connectivity index (χ3v) is 3.29. The maximum absolute atomic E-state index is 5.50. The highest BCUT2D eigenvalue weighted by molar-refractivity contribution is 9.10. The highest BCUT2D eigenvalue weighted by Crippen LogP contribution is 2.20. The second-order valence-corrected chi connectivity index (χ2v) is 4.53. The average molecular weight is 322 g/mol. The van der Waals surface area contributed by atoms with Gasteiger partial charge in [0.1, 0.15) is 0 Å². The summed E-state index contributed by atoms with van der Waals surface area (Å²) in [6, 6.07) is 6.33. The van der Waals surface area contributed by atoms with Gasteiger partial charge in [-0.25, -0.2) is 0 Å². The minimum atomic E-state index is 0.690. The molecule has 0 amide bonds. The molecule has 0 N–H and O–H groups in total. The van der Waals surface area contributed by atoms with Crippen molar-refractivity contribution in [3.05, 3.63) is 33.8 Å². The minimum Gasteiger partial charge on any atom is -0.377 e. The Labute approximate surface area is 102 Å². The van der Waals surface area contributed by atoms with Gasteiger partial charge in [-0.05, 0) is 23.6 Å². The van der Waals surface area contributed by atoms with E-state index in [9.17, 15) is 0 Å². The molecule has 1 aromatic rings. The van der Waals surface area contributed by atoms with Crippen molar-refractivity contribution >= 4 is 31.9 Å². The van der Waals surface area contributed by atoms with Crippen molar-refractivity contribution in [2.45, 2.75) is 25.3 Å². The van der Waals surface area contributed by atoms with Gasteiger partial charge in [0.15, 0.2) is 0 Å². The topological polar surface area (TPSA) is 9.23 Å². The van der Waals surface area contributed by atoms with Crippen LogP contribution in [0.1, 0.15) is 24.5 Å². The Balaban J connectivity index is 2.64. The summed E-state index contributed by atoms with van der Waals surface area (Å²) in [4.78, 5) is 0. The van der Waals surface area contributed by atoms with E-state index in [0.717, 1.165) is 22.8 Å². The van der Waals surface area contributed by atoms with Crippen molar-refractivity contribution in [1.29, 1.82) is 0 Å². The van der Waals surface area contributed by atoms with E-state index in [4.69, 9.17) is 4.74 Å². The summed E-state index contributed by atoms with van der Waals surface area (Å²) in [5, 5.41) is 0.890. The zero-order chi connectivity index (χ0) is 10.4. The van der Waals surface area contributed by atoms with Crippen LogP contribution in [0.15, 0.2) is 22.7 Å². The Morgan fingerprint density at radius 2 is 2.14 bits per heavy atom. The molecule has 0 heterocycles. The second-order valence-electron chi connectivity index (χ2n) is 3.11. The molecule has 0 saturated heterocycles. The third kappa shape index (κ3) is 3.71. The number of rotatable bonds is 5. The fraction of sp³-hybridized carbons (Fsp3) is 0.455. The first kappa shape index (κ1) is 12.2. The Morgan fingerprint density at radius 3 is 2.79 bits per heavy atom. The molecule has 0 radical (unpaired) electrons. The quantitative estimate of drug-likeness (QED) is 0.581. The van der Waals surface area contributed by atoms with Crippen molar-refractivity contribution in [2.24, 2.45) is 0 Å². The fourth-order valence-electron chi connectivity index (χ4n) is 1.15. The lowest BCUT2D eigenvalue weighted by molar-refractivity contribution is 0.121. The molecule has 0 aliphatic heterocycles. The molecule has 0 saturated carbocycles. The lowest BCUT2D eigenvalue weighted by atomic mass is 10.1. The molecule has 14 heavy (non-hydrogen) atoms. The first-order valence-corrected chi connectivity index (χ1v) is 6.60. The van der Waals surface area contributed by atoms with Gasteiger partial charge in [0.25, 0.3) is 0 Å². The molecule has 0 fully saturated rings. The molecule has 3 heteroatoms. The lowest BCUT2D eigenvalue weighted by Crippen LogP contribution is -1.95. The predicted molar refractivity (Wildman–Crippen MR) is 66.7 cm³/mol. The first-order valence-electron chi connectivity index (χ1n) is 4.69. The zero-order valence-corrected chi connectivity index (χ0v) is 11.4. The third-order valence-electron chi connectivity index (χ3n) is 1.87. The van der Waals surface area contributed by atoms with Gasteiger partial charge in [-0.1, -0.05) is 50.9 Å². The molecule has 0 bridgehead atoms. The second kappa shape index (κ2) is 6.59. The monoisotopic (exact) mass is 320 g/mol. The van der Waals surface area contributed by atoms with Crippen LogP contribution in [0.5, 0.6) is 0 Å². The lowest BCUT2D eigenvalue weighted by Gasteiger charge is -2.07. The highest BCUT2D eigenvalue weighted by Gasteiger charge is 2.01. The zero-order valence-electron chi connectivity index (χ0n) is 8.22. The number of benzene rings is 1. The van der Waals surface area contributed by atoms with E-state index < -0.39 is 0 Å². The van der Waals surface area contributed by atoms with E-state index in [1.807, 2.05) is 0 Å². The average Bonchev–Trinajstić information content (AvgIpc) is 2.21. The van der Waals surface area contributed by atoms with Crippen LogP contribution in [0.25, 0.3) is 0 Å². The maximum atomic E-state index is 5.50. The van der Waals surface area contributed by atoms with Gasteiger partial charge in [-0.3, -0.25) is 0 Å². The SMILES string of the molecule is CCCOCc1cc(CBr)ccc1Br. The summed E-state index contributed by atoms with van der Waals surface area (Å²) in [5.74, 6) is 0. The molecule has 0 aromatic heterocycles. The van der Waals surface area contributed by atoms with Crippen LogP contribution in [0.2, 0.25) is 0 Å². The van der Waals surface area contributed by atoms with Gasteiger partial charge in [0.2, 0.25) is 0 Å². The van der Waals surface area contributed by atoms with Crippen LogP contribution in [0, 0.1) is 0 Å². The maximum Gasteiger partial charge on any atom is 0.0727 e. The van der Waals surface area contributed by atoms with Gasteiger partial charge in [0.05, 0.1) is 6.61 Å². The molecule has 0 aliphatic carbocycles. The number of hydrogen-bond donors (Lipinski definition) is 0. The van der Waals surface area contributed by atoms with Crippen LogP contribution < -0.4 is 0 Å². The fourth-order valence-corrected chi connectivity index (χ4v) is 1.86. The van der Waals surface area contributed by atoms with E-state index in [1.54, 1.807) is 0 Å². The van der Waals surface area contributed by atoms with Crippen molar-refractivity contribution in [1.82, 2.24) is 0 Å². The van der Waals surface area contributed by atoms with Crippen molar-refractivity contribution in [2.75, 3.05) is 6.61 Å². The van der Waals surface area contributed by atoms with E-state index in [-0.39, 0.29) is 0 Å². The van der Waals surface area contributed by atoms with Gasteiger partial charge < -0.3 is 4.74 Å². The summed E-state index contributed by atoms with van der Waals surface area (Å²) in [7, 11) is 0. The van der Waals surface area contributed by atoms with Crippen LogP contribution in [0.4, 0.5) is 0 Å². The number of ether oxygens (including phenoxy) is 1. The van der Waals surface area contributed by atoms with Gasteiger partial charge in [0, 0.05) is 16.4 Å². The van der Waals surface area contributed by atoms with E-state index >= 15 is 0 Å². The van der Waals surface area contributed by atoms with E-state index in [1.165, 1.54) is 11.1 Å². The minimum absolute atomic E-state index is 0.690. The molecule has 0 spiro atoms. The summed E-state index contributed by atoms with van der Waals surface area (Å²) in [6.45, 7) is 3.63. The van der Waals surface area contributed by atoms with E-state index in [0.29, 0.717) is 6.61 Å². The Bertz CT molecular complexity index is 287. The molecular weight excluding hydrogens is 308 g/mol. The van der Waals surface area contributed by atoms with Crippen LogP contribution >= 0.6 is 31.9 Å².